The van der Waals surface area contributed by atoms with Crippen LogP contribution in [0.3, 0.4) is 0 Å². The highest BCUT2D eigenvalue weighted by atomic mass is 79.9. The largest absolute Gasteiger partial charge is 0.324 e. The molecule has 5 heteroatoms. The van der Waals surface area contributed by atoms with E-state index in [0.29, 0.717) is 15.3 Å². The number of carbonyl (C=O) groups excluding carboxylic acids is 1. The second-order valence-electron chi connectivity index (χ2n) is 5.85. The average molecular weight is 374 g/mol. The zero-order valence-corrected chi connectivity index (χ0v) is 14.7. The van der Waals surface area contributed by atoms with Gasteiger partial charge in [0.15, 0.2) is 0 Å². The van der Waals surface area contributed by atoms with Gasteiger partial charge in [0.2, 0.25) is 5.91 Å². The van der Waals surface area contributed by atoms with Crippen molar-refractivity contribution in [2.24, 2.45) is 11.8 Å². The van der Waals surface area contributed by atoms with Crippen LogP contribution in [-0.2, 0) is 4.79 Å². The van der Waals surface area contributed by atoms with Crippen LogP contribution >= 0.6 is 27.5 Å². The number of hydrogen-bond donors (Lipinski definition) is 1. The van der Waals surface area contributed by atoms with Crippen molar-refractivity contribution in [2.75, 3.05) is 5.32 Å². The third-order valence-electron chi connectivity index (χ3n) is 4.25. The van der Waals surface area contributed by atoms with Gasteiger partial charge in [-0.1, -0.05) is 37.8 Å². The number of aromatic nitrogens is 1. The smallest absolute Gasteiger partial charge is 0.227 e. The summed E-state index contributed by atoms with van der Waals surface area (Å²) in [6.07, 6.45) is 9.85. The molecule has 0 bridgehead atoms. The Morgan fingerprint density at radius 2 is 2.14 bits per heavy atom. The van der Waals surface area contributed by atoms with Gasteiger partial charge >= 0.3 is 0 Å². The lowest BCUT2D eigenvalue weighted by atomic mass is 9.79. The standard InChI is InChI=1S/C16H22BrClN2O/c1-2-3-4-11-5-7-12(8-6-11)16(21)20-13-9-14(17)15(18)19-10-13/h9-12H,2-8H2,1H3,(H,20,21). The molecule has 0 atom stereocenters. The lowest BCUT2D eigenvalue weighted by Gasteiger charge is -2.27. The first-order chi connectivity index (χ1) is 10.1. The number of nitrogens with one attached hydrogen (secondary N) is 1. The molecule has 0 saturated heterocycles. The molecule has 0 spiro atoms. The molecule has 1 amide bonds. The van der Waals surface area contributed by atoms with E-state index in [2.05, 4.69) is 33.2 Å². The van der Waals surface area contributed by atoms with Gasteiger partial charge in [0.25, 0.3) is 0 Å². The van der Waals surface area contributed by atoms with Crippen LogP contribution in [0.4, 0.5) is 5.69 Å². The van der Waals surface area contributed by atoms with Crippen LogP contribution in [-0.4, -0.2) is 10.9 Å². The Balaban J connectivity index is 1.83. The Kier molecular flexibility index (Phi) is 6.49. The number of carbonyl (C=O) groups is 1. The van der Waals surface area contributed by atoms with E-state index in [1.54, 1.807) is 12.3 Å². The summed E-state index contributed by atoms with van der Waals surface area (Å²) in [6.45, 7) is 2.23. The van der Waals surface area contributed by atoms with E-state index < -0.39 is 0 Å². The number of unbranched alkanes of at least 4 members (excludes halogenated alkanes) is 1. The van der Waals surface area contributed by atoms with E-state index in [1.807, 2.05) is 0 Å². The number of nitrogens with zero attached hydrogens (tertiary/aromatic N) is 1. The zero-order valence-electron chi connectivity index (χ0n) is 12.4. The Bertz CT molecular complexity index is 487. The van der Waals surface area contributed by atoms with Gasteiger partial charge < -0.3 is 5.32 Å². The van der Waals surface area contributed by atoms with E-state index in [4.69, 9.17) is 11.6 Å². The second-order valence-corrected chi connectivity index (χ2v) is 7.06. The van der Waals surface area contributed by atoms with Crippen LogP contribution in [0.25, 0.3) is 0 Å². The van der Waals surface area contributed by atoms with Crippen molar-refractivity contribution in [2.45, 2.75) is 51.9 Å². The van der Waals surface area contributed by atoms with Gasteiger partial charge in [0.05, 0.1) is 16.4 Å². The molecule has 21 heavy (non-hydrogen) atoms. The summed E-state index contributed by atoms with van der Waals surface area (Å²) in [6, 6.07) is 1.79. The van der Waals surface area contributed by atoms with Gasteiger partial charge in [-0.05, 0) is 53.6 Å². The minimum atomic E-state index is 0.111. The van der Waals surface area contributed by atoms with Crippen molar-refractivity contribution in [3.8, 4) is 0 Å². The SMILES string of the molecule is CCCCC1CCC(C(=O)Nc2cnc(Cl)c(Br)c2)CC1. The molecule has 3 nitrogen and oxygen atoms in total. The van der Waals surface area contributed by atoms with Crippen molar-refractivity contribution in [1.29, 1.82) is 0 Å². The van der Waals surface area contributed by atoms with Gasteiger partial charge in [0.1, 0.15) is 5.15 Å². The molecule has 1 aromatic heterocycles. The van der Waals surface area contributed by atoms with Crippen molar-refractivity contribution in [3.63, 3.8) is 0 Å². The van der Waals surface area contributed by atoms with E-state index >= 15 is 0 Å². The van der Waals surface area contributed by atoms with Gasteiger partial charge in [-0.2, -0.15) is 0 Å². The molecule has 1 aliphatic carbocycles. The molecule has 2 rings (SSSR count). The summed E-state index contributed by atoms with van der Waals surface area (Å²) in [5, 5.41) is 3.35. The Morgan fingerprint density at radius 1 is 1.43 bits per heavy atom. The molecule has 1 heterocycles. The number of amides is 1. The second kappa shape index (κ2) is 8.14. The third kappa shape index (κ3) is 4.96. The predicted octanol–water partition coefficient (Wildman–Crippen LogP) is 5.43. The minimum absolute atomic E-state index is 0.111. The predicted molar refractivity (Wildman–Crippen MR) is 90.5 cm³/mol. The van der Waals surface area contributed by atoms with E-state index in [9.17, 15) is 4.79 Å². The molecule has 1 fully saturated rings. The van der Waals surface area contributed by atoms with Crippen LogP contribution in [0.2, 0.25) is 5.15 Å². The Labute approximate surface area is 140 Å². The summed E-state index contributed by atoms with van der Waals surface area (Å²) in [4.78, 5) is 16.3. The quantitative estimate of drug-likeness (QED) is 0.699. The van der Waals surface area contributed by atoms with Crippen molar-refractivity contribution in [1.82, 2.24) is 4.98 Å². The first-order valence-electron chi connectivity index (χ1n) is 7.72. The van der Waals surface area contributed by atoms with Gasteiger partial charge in [-0.15, -0.1) is 0 Å². The number of hydrogen-bond acceptors (Lipinski definition) is 2. The minimum Gasteiger partial charge on any atom is -0.324 e. The summed E-state index contributed by atoms with van der Waals surface area (Å²) < 4.78 is 0.699. The van der Waals surface area contributed by atoms with E-state index in [1.165, 1.54) is 32.1 Å². The lowest BCUT2D eigenvalue weighted by Crippen LogP contribution is -2.27. The number of anilines is 1. The topological polar surface area (TPSA) is 42.0 Å². The fraction of sp³-hybridized carbons (Fsp3) is 0.625. The Hall–Kier alpha value is -0.610. The fourth-order valence-corrected chi connectivity index (χ4v) is 3.39. The maximum Gasteiger partial charge on any atom is 0.227 e. The van der Waals surface area contributed by atoms with Crippen LogP contribution in [0.15, 0.2) is 16.7 Å². The number of rotatable bonds is 5. The molecule has 0 radical (unpaired) electrons. The first-order valence-corrected chi connectivity index (χ1v) is 8.89. The van der Waals surface area contributed by atoms with E-state index in [-0.39, 0.29) is 11.8 Å². The Morgan fingerprint density at radius 3 is 2.76 bits per heavy atom. The molecular formula is C16H22BrClN2O. The van der Waals surface area contributed by atoms with Crippen LogP contribution in [0.5, 0.6) is 0 Å². The van der Waals surface area contributed by atoms with Gasteiger partial charge in [0, 0.05) is 5.92 Å². The average Bonchev–Trinajstić information content (AvgIpc) is 2.49. The zero-order chi connectivity index (χ0) is 15.2. The maximum absolute atomic E-state index is 12.3. The van der Waals surface area contributed by atoms with Crippen molar-refractivity contribution < 1.29 is 4.79 Å². The molecule has 116 valence electrons. The molecular weight excluding hydrogens is 352 g/mol. The van der Waals surface area contributed by atoms with Crippen molar-refractivity contribution in [3.05, 3.63) is 21.9 Å². The van der Waals surface area contributed by atoms with Gasteiger partial charge in [-0.25, -0.2) is 4.98 Å². The lowest BCUT2D eigenvalue weighted by molar-refractivity contribution is -0.121. The van der Waals surface area contributed by atoms with Gasteiger partial charge in [-0.3, -0.25) is 4.79 Å². The van der Waals surface area contributed by atoms with Crippen molar-refractivity contribution >= 4 is 39.1 Å². The van der Waals surface area contributed by atoms with Crippen LogP contribution in [0.1, 0.15) is 51.9 Å². The molecule has 1 saturated carbocycles. The van der Waals surface area contributed by atoms with E-state index in [0.717, 1.165) is 18.8 Å². The fourth-order valence-electron chi connectivity index (χ4n) is 2.94. The molecule has 0 aromatic carbocycles. The highest BCUT2D eigenvalue weighted by Gasteiger charge is 2.26. The summed E-state index contributed by atoms with van der Waals surface area (Å²) in [7, 11) is 0. The molecule has 1 aromatic rings. The molecule has 0 unspecified atom stereocenters. The maximum atomic E-state index is 12.3. The summed E-state index contributed by atoms with van der Waals surface area (Å²) in [5.74, 6) is 1.07. The molecule has 1 aliphatic rings. The van der Waals surface area contributed by atoms with Crippen LogP contribution < -0.4 is 5.32 Å². The molecule has 1 N–H and O–H groups in total. The summed E-state index contributed by atoms with van der Waals surface area (Å²) >= 11 is 9.17. The van der Waals surface area contributed by atoms with Crippen LogP contribution in [0, 0.1) is 11.8 Å². The third-order valence-corrected chi connectivity index (χ3v) is 5.38. The first kappa shape index (κ1) is 16.8. The normalized spacial score (nSPS) is 22.0. The molecule has 0 aliphatic heterocycles. The highest BCUT2D eigenvalue weighted by molar-refractivity contribution is 9.10. The highest BCUT2D eigenvalue weighted by Crippen LogP contribution is 2.32. The number of pyridine rings is 1. The summed E-state index contributed by atoms with van der Waals surface area (Å²) in [5.41, 5.74) is 0.699. The number of halogens is 2. The monoisotopic (exact) mass is 372 g/mol.